The predicted molar refractivity (Wildman–Crippen MR) is 76.2 cm³/mol. The van der Waals surface area contributed by atoms with E-state index < -0.39 is 0 Å². The maximum atomic E-state index is 5.99. The number of nitrogens with one attached hydrogen (secondary N) is 1. The van der Waals surface area contributed by atoms with Gasteiger partial charge in [0.25, 0.3) is 0 Å². The number of nitrogens with two attached hydrogens (primary N) is 2. The van der Waals surface area contributed by atoms with E-state index in [0.717, 1.165) is 31.2 Å². The molecular weight excluding hydrogens is 240 g/mol. The summed E-state index contributed by atoms with van der Waals surface area (Å²) in [5, 5.41) is 0. The SMILES string of the molecule is COC1(C(NN)c2cccnc2N)CCCCCC1. The molecular formula is C14H24N4O. The molecule has 1 aliphatic rings. The molecule has 1 unspecified atom stereocenters. The van der Waals surface area contributed by atoms with Gasteiger partial charge in [0.15, 0.2) is 0 Å². The summed E-state index contributed by atoms with van der Waals surface area (Å²) in [7, 11) is 1.77. The molecule has 0 aromatic carbocycles. The van der Waals surface area contributed by atoms with Gasteiger partial charge < -0.3 is 10.5 Å². The third-order valence-electron chi connectivity index (χ3n) is 4.23. The molecule has 1 aromatic rings. The largest absolute Gasteiger partial charge is 0.383 e. The minimum atomic E-state index is -0.289. The molecule has 5 nitrogen and oxygen atoms in total. The van der Waals surface area contributed by atoms with Gasteiger partial charge in [-0.25, -0.2) is 10.4 Å². The normalized spacial score (nSPS) is 20.7. The molecule has 1 aliphatic carbocycles. The van der Waals surface area contributed by atoms with Gasteiger partial charge in [-0.2, -0.15) is 0 Å². The second-order valence-electron chi connectivity index (χ2n) is 5.26. The fraction of sp³-hybridized carbons (Fsp3) is 0.643. The Balaban J connectivity index is 2.35. The van der Waals surface area contributed by atoms with Gasteiger partial charge in [0.05, 0.1) is 11.6 Å². The van der Waals surface area contributed by atoms with E-state index in [1.165, 1.54) is 12.8 Å². The van der Waals surface area contributed by atoms with Gasteiger partial charge in [0.2, 0.25) is 0 Å². The topological polar surface area (TPSA) is 86.2 Å². The van der Waals surface area contributed by atoms with Crippen LogP contribution < -0.4 is 17.0 Å². The smallest absolute Gasteiger partial charge is 0.128 e. The zero-order valence-corrected chi connectivity index (χ0v) is 11.6. The van der Waals surface area contributed by atoms with Crippen molar-refractivity contribution in [1.82, 2.24) is 10.4 Å². The fourth-order valence-electron chi connectivity index (χ4n) is 3.14. The van der Waals surface area contributed by atoms with E-state index in [2.05, 4.69) is 10.4 Å². The summed E-state index contributed by atoms with van der Waals surface area (Å²) in [6.07, 6.45) is 8.51. The van der Waals surface area contributed by atoms with Crippen molar-refractivity contribution in [3.8, 4) is 0 Å². The number of hydrogen-bond donors (Lipinski definition) is 3. The number of rotatable bonds is 4. The zero-order valence-electron chi connectivity index (χ0n) is 11.6. The van der Waals surface area contributed by atoms with E-state index in [0.29, 0.717) is 5.82 Å². The van der Waals surface area contributed by atoms with Crippen molar-refractivity contribution in [3.63, 3.8) is 0 Å². The molecule has 0 saturated heterocycles. The monoisotopic (exact) mass is 264 g/mol. The molecule has 0 spiro atoms. The van der Waals surface area contributed by atoms with Crippen molar-refractivity contribution in [1.29, 1.82) is 0 Å². The summed E-state index contributed by atoms with van der Waals surface area (Å²) in [6.45, 7) is 0. The molecule has 19 heavy (non-hydrogen) atoms. The molecule has 0 aliphatic heterocycles. The Morgan fingerprint density at radius 2 is 2.00 bits per heavy atom. The number of anilines is 1. The summed E-state index contributed by atoms with van der Waals surface area (Å²) in [4.78, 5) is 4.16. The van der Waals surface area contributed by atoms with Crippen molar-refractivity contribution < 1.29 is 4.74 Å². The van der Waals surface area contributed by atoms with Gasteiger partial charge >= 0.3 is 0 Å². The van der Waals surface area contributed by atoms with Gasteiger partial charge in [-0.15, -0.1) is 0 Å². The maximum Gasteiger partial charge on any atom is 0.128 e. The molecule has 1 aromatic heterocycles. The van der Waals surface area contributed by atoms with Crippen LogP contribution in [0.1, 0.15) is 50.1 Å². The Labute approximate surface area is 114 Å². The Morgan fingerprint density at radius 3 is 2.53 bits per heavy atom. The number of methoxy groups -OCH3 is 1. The predicted octanol–water partition coefficient (Wildman–Crippen LogP) is 1.91. The highest BCUT2D eigenvalue weighted by Gasteiger charge is 2.40. The lowest BCUT2D eigenvalue weighted by atomic mass is 9.82. The molecule has 1 atom stereocenters. The van der Waals surface area contributed by atoms with Crippen molar-refractivity contribution in [3.05, 3.63) is 23.9 Å². The second kappa shape index (κ2) is 6.32. The highest BCUT2D eigenvalue weighted by Crippen LogP contribution is 2.40. The van der Waals surface area contributed by atoms with Crippen LogP contribution in [-0.4, -0.2) is 17.7 Å². The molecule has 5 N–H and O–H groups in total. The number of pyridine rings is 1. The van der Waals surface area contributed by atoms with E-state index in [1.54, 1.807) is 13.3 Å². The number of hydrazine groups is 1. The summed E-state index contributed by atoms with van der Waals surface area (Å²) in [6, 6.07) is 3.73. The van der Waals surface area contributed by atoms with Crippen LogP contribution in [0.4, 0.5) is 5.82 Å². The van der Waals surface area contributed by atoms with Gasteiger partial charge in [0, 0.05) is 18.9 Å². The van der Waals surface area contributed by atoms with E-state index >= 15 is 0 Å². The third-order valence-corrected chi connectivity index (χ3v) is 4.23. The van der Waals surface area contributed by atoms with E-state index in [-0.39, 0.29) is 11.6 Å². The van der Waals surface area contributed by atoms with Crippen LogP contribution in [0.5, 0.6) is 0 Å². The molecule has 2 rings (SSSR count). The van der Waals surface area contributed by atoms with Crippen LogP contribution in [0.2, 0.25) is 0 Å². The minimum absolute atomic E-state index is 0.121. The maximum absolute atomic E-state index is 5.99. The molecule has 1 saturated carbocycles. The summed E-state index contributed by atoms with van der Waals surface area (Å²) < 4.78 is 5.90. The van der Waals surface area contributed by atoms with E-state index in [9.17, 15) is 0 Å². The van der Waals surface area contributed by atoms with Crippen molar-refractivity contribution >= 4 is 5.82 Å². The lowest BCUT2D eigenvalue weighted by Gasteiger charge is -2.39. The van der Waals surface area contributed by atoms with Crippen LogP contribution in [0.15, 0.2) is 18.3 Å². The Morgan fingerprint density at radius 1 is 1.32 bits per heavy atom. The second-order valence-corrected chi connectivity index (χ2v) is 5.26. The van der Waals surface area contributed by atoms with Crippen LogP contribution >= 0.6 is 0 Å². The van der Waals surface area contributed by atoms with Crippen LogP contribution in [0.25, 0.3) is 0 Å². The van der Waals surface area contributed by atoms with Gasteiger partial charge in [0.1, 0.15) is 5.82 Å². The highest BCUT2D eigenvalue weighted by atomic mass is 16.5. The molecule has 106 valence electrons. The van der Waals surface area contributed by atoms with Gasteiger partial charge in [-0.3, -0.25) is 5.84 Å². The summed E-state index contributed by atoms with van der Waals surface area (Å²) in [5.41, 5.74) is 9.53. The number of hydrogen-bond acceptors (Lipinski definition) is 5. The molecule has 0 radical (unpaired) electrons. The van der Waals surface area contributed by atoms with Crippen LogP contribution in [0, 0.1) is 0 Å². The number of aromatic nitrogens is 1. The first-order valence-corrected chi connectivity index (χ1v) is 6.95. The Hall–Kier alpha value is -1.17. The highest BCUT2D eigenvalue weighted by molar-refractivity contribution is 5.42. The van der Waals surface area contributed by atoms with Crippen molar-refractivity contribution in [2.24, 2.45) is 5.84 Å². The zero-order chi connectivity index (χ0) is 13.7. The molecule has 0 amide bonds. The van der Waals surface area contributed by atoms with Gasteiger partial charge in [-0.1, -0.05) is 31.7 Å². The van der Waals surface area contributed by atoms with Gasteiger partial charge in [-0.05, 0) is 18.9 Å². The Kier molecular flexibility index (Phi) is 4.74. The quantitative estimate of drug-likeness (QED) is 0.439. The number of ether oxygens (including phenoxy) is 1. The third kappa shape index (κ3) is 2.88. The van der Waals surface area contributed by atoms with Crippen molar-refractivity contribution in [2.45, 2.75) is 50.2 Å². The van der Waals surface area contributed by atoms with Crippen LogP contribution in [0.3, 0.4) is 0 Å². The molecule has 1 fully saturated rings. The number of nitrogen functional groups attached to an aromatic ring is 1. The summed E-state index contributed by atoms with van der Waals surface area (Å²) in [5.74, 6) is 6.32. The molecule has 5 heteroatoms. The standard InChI is InChI=1S/C14H24N4O/c1-19-14(8-4-2-3-5-9-14)12(18-16)11-7-6-10-17-13(11)15/h6-7,10,12,18H,2-5,8-9,16H2,1H3,(H2,15,17). The molecule has 0 bridgehead atoms. The lowest BCUT2D eigenvalue weighted by Crippen LogP contribution is -2.48. The average molecular weight is 264 g/mol. The van der Waals surface area contributed by atoms with E-state index in [4.69, 9.17) is 16.3 Å². The minimum Gasteiger partial charge on any atom is -0.383 e. The first kappa shape index (κ1) is 14.2. The first-order valence-electron chi connectivity index (χ1n) is 6.95. The Bertz CT molecular complexity index is 402. The van der Waals surface area contributed by atoms with Crippen LogP contribution in [-0.2, 0) is 4.74 Å². The van der Waals surface area contributed by atoms with Crippen molar-refractivity contribution in [2.75, 3.05) is 12.8 Å². The fourth-order valence-corrected chi connectivity index (χ4v) is 3.14. The number of nitrogens with zero attached hydrogens (tertiary/aromatic N) is 1. The summed E-state index contributed by atoms with van der Waals surface area (Å²) >= 11 is 0. The van der Waals surface area contributed by atoms with E-state index in [1.807, 2.05) is 12.1 Å². The lowest BCUT2D eigenvalue weighted by molar-refractivity contribution is -0.0540. The molecule has 1 heterocycles. The first-order chi connectivity index (χ1) is 9.23. The average Bonchev–Trinajstić information content (AvgIpc) is 2.68.